The Labute approximate surface area is 127 Å². The van der Waals surface area contributed by atoms with Crippen molar-refractivity contribution in [2.45, 2.75) is 39.2 Å². The quantitative estimate of drug-likeness (QED) is 0.775. The molecule has 1 N–H and O–H groups in total. The predicted molar refractivity (Wildman–Crippen MR) is 82.3 cm³/mol. The lowest BCUT2D eigenvalue weighted by Crippen LogP contribution is -2.49. The minimum absolute atomic E-state index is 0.00528. The second-order valence-corrected chi connectivity index (χ2v) is 6.51. The van der Waals surface area contributed by atoms with Crippen LogP contribution in [-0.4, -0.2) is 78.1 Å². The number of carboxylic acid groups (broad SMARTS) is 1. The van der Waals surface area contributed by atoms with E-state index in [0.717, 1.165) is 19.4 Å². The molecule has 1 rings (SSSR count). The molecule has 21 heavy (non-hydrogen) atoms. The van der Waals surface area contributed by atoms with E-state index in [0.29, 0.717) is 25.6 Å². The third-order valence-corrected chi connectivity index (χ3v) is 3.71. The van der Waals surface area contributed by atoms with Gasteiger partial charge in [0.25, 0.3) is 0 Å². The predicted octanol–water partition coefficient (Wildman–Crippen LogP) is 1.57. The van der Waals surface area contributed by atoms with Gasteiger partial charge in [-0.15, -0.1) is 0 Å². The number of aliphatic carboxylic acids is 1. The molecule has 0 bridgehead atoms. The first kappa shape index (κ1) is 17.8. The van der Waals surface area contributed by atoms with Crippen molar-refractivity contribution in [3.05, 3.63) is 0 Å². The van der Waals surface area contributed by atoms with Crippen LogP contribution in [0, 0.1) is 5.92 Å². The summed E-state index contributed by atoms with van der Waals surface area (Å²) in [5, 5.41) is 8.98. The number of nitrogens with zero attached hydrogens (tertiary/aromatic N) is 3. The fraction of sp³-hybridized carbons (Fsp3) is 0.867. The number of urea groups is 1. The Hall–Kier alpha value is -1.30. The average molecular weight is 299 g/mol. The average Bonchev–Trinajstić information content (AvgIpc) is 2.80. The van der Waals surface area contributed by atoms with Crippen molar-refractivity contribution in [3.8, 4) is 0 Å². The highest BCUT2D eigenvalue weighted by atomic mass is 16.4. The topological polar surface area (TPSA) is 64.1 Å². The molecule has 0 saturated carbocycles. The Morgan fingerprint density at radius 2 is 1.95 bits per heavy atom. The van der Waals surface area contributed by atoms with E-state index in [1.165, 1.54) is 0 Å². The number of hydrogen-bond donors (Lipinski definition) is 1. The Kier molecular flexibility index (Phi) is 6.95. The third-order valence-electron chi connectivity index (χ3n) is 3.71. The van der Waals surface area contributed by atoms with E-state index in [2.05, 4.69) is 18.7 Å². The van der Waals surface area contributed by atoms with Gasteiger partial charge in [-0.25, -0.2) is 4.79 Å². The molecule has 6 heteroatoms. The van der Waals surface area contributed by atoms with Crippen LogP contribution in [0.25, 0.3) is 0 Å². The summed E-state index contributed by atoms with van der Waals surface area (Å²) in [6, 6.07) is -0.154. The molecule has 2 amide bonds. The SMILES string of the molecule is CC(C)CN(CCN(C)C)C(=O)N1CCCC1CC(=O)O. The van der Waals surface area contributed by atoms with E-state index >= 15 is 0 Å². The molecule has 0 radical (unpaired) electrons. The summed E-state index contributed by atoms with van der Waals surface area (Å²) in [5.74, 6) is -0.431. The fourth-order valence-corrected chi connectivity index (χ4v) is 2.71. The van der Waals surface area contributed by atoms with E-state index in [4.69, 9.17) is 5.11 Å². The molecule has 1 atom stereocenters. The number of carboxylic acids is 1. The van der Waals surface area contributed by atoms with Crippen LogP contribution >= 0.6 is 0 Å². The standard InChI is InChI=1S/C15H29N3O3/c1-12(2)11-17(9-8-16(3)4)15(21)18-7-5-6-13(18)10-14(19)20/h12-13H,5-11H2,1-4H3,(H,19,20). The molecule has 1 aliphatic heterocycles. The molecule has 0 aliphatic carbocycles. The highest BCUT2D eigenvalue weighted by molar-refractivity contribution is 5.76. The van der Waals surface area contributed by atoms with Gasteiger partial charge in [-0.2, -0.15) is 0 Å². The molecular formula is C15H29N3O3. The molecule has 1 fully saturated rings. The van der Waals surface area contributed by atoms with Crippen LogP contribution < -0.4 is 0 Å². The zero-order valence-corrected chi connectivity index (χ0v) is 13.7. The zero-order chi connectivity index (χ0) is 16.0. The molecule has 6 nitrogen and oxygen atoms in total. The van der Waals surface area contributed by atoms with Gasteiger partial charge < -0.3 is 19.8 Å². The maximum atomic E-state index is 12.7. The third kappa shape index (κ3) is 5.91. The number of hydrogen-bond acceptors (Lipinski definition) is 3. The van der Waals surface area contributed by atoms with Gasteiger partial charge in [0.1, 0.15) is 0 Å². The lowest BCUT2D eigenvalue weighted by Gasteiger charge is -2.33. The second-order valence-electron chi connectivity index (χ2n) is 6.51. The van der Waals surface area contributed by atoms with Crippen molar-refractivity contribution >= 4 is 12.0 Å². The minimum Gasteiger partial charge on any atom is -0.481 e. The van der Waals surface area contributed by atoms with E-state index in [1.54, 1.807) is 4.90 Å². The molecule has 1 aliphatic rings. The summed E-state index contributed by atoms with van der Waals surface area (Å²) in [4.78, 5) is 29.3. The van der Waals surface area contributed by atoms with Crippen LogP contribution in [0.5, 0.6) is 0 Å². The van der Waals surface area contributed by atoms with Gasteiger partial charge in [0.05, 0.1) is 6.42 Å². The summed E-state index contributed by atoms with van der Waals surface area (Å²) in [6.07, 6.45) is 1.74. The lowest BCUT2D eigenvalue weighted by atomic mass is 10.1. The van der Waals surface area contributed by atoms with Crippen LogP contribution in [0.1, 0.15) is 33.1 Å². The summed E-state index contributed by atoms with van der Waals surface area (Å²) in [7, 11) is 3.97. The maximum Gasteiger partial charge on any atom is 0.320 e. The highest BCUT2D eigenvalue weighted by Gasteiger charge is 2.33. The molecule has 1 unspecified atom stereocenters. The Morgan fingerprint density at radius 3 is 2.48 bits per heavy atom. The van der Waals surface area contributed by atoms with Crippen LogP contribution in [0.4, 0.5) is 4.79 Å². The summed E-state index contributed by atoms with van der Waals surface area (Å²) in [5.41, 5.74) is 0. The van der Waals surface area contributed by atoms with Gasteiger partial charge >= 0.3 is 12.0 Å². The summed E-state index contributed by atoms with van der Waals surface area (Å²) < 4.78 is 0. The zero-order valence-electron chi connectivity index (χ0n) is 13.7. The molecule has 1 saturated heterocycles. The van der Waals surface area contributed by atoms with Crippen molar-refractivity contribution < 1.29 is 14.7 Å². The molecule has 0 aromatic rings. The van der Waals surface area contributed by atoms with Crippen LogP contribution in [0.3, 0.4) is 0 Å². The largest absolute Gasteiger partial charge is 0.481 e. The summed E-state index contributed by atoms with van der Waals surface area (Å²) >= 11 is 0. The Bertz CT molecular complexity index is 358. The van der Waals surface area contributed by atoms with E-state index in [1.807, 2.05) is 19.0 Å². The van der Waals surface area contributed by atoms with Crippen molar-refractivity contribution in [1.29, 1.82) is 0 Å². The first-order valence-electron chi connectivity index (χ1n) is 7.73. The highest BCUT2D eigenvalue weighted by Crippen LogP contribution is 2.22. The van der Waals surface area contributed by atoms with E-state index in [-0.39, 0.29) is 18.5 Å². The molecule has 1 heterocycles. The van der Waals surface area contributed by atoms with Crippen LogP contribution in [-0.2, 0) is 4.79 Å². The lowest BCUT2D eigenvalue weighted by molar-refractivity contribution is -0.138. The van der Waals surface area contributed by atoms with Gasteiger partial charge in [-0.3, -0.25) is 4.79 Å². The molecule has 0 aromatic heterocycles. The number of likely N-dealkylation sites (N-methyl/N-ethyl adjacent to an activating group) is 1. The first-order chi connectivity index (χ1) is 9.81. The van der Waals surface area contributed by atoms with Crippen molar-refractivity contribution in [2.75, 3.05) is 40.3 Å². The van der Waals surface area contributed by atoms with E-state index < -0.39 is 5.97 Å². The van der Waals surface area contributed by atoms with Crippen molar-refractivity contribution in [2.24, 2.45) is 5.92 Å². The Morgan fingerprint density at radius 1 is 1.29 bits per heavy atom. The second kappa shape index (κ2) is 8.22. The fourth-order valence-electron chi connectivity index (χ4n) is 2.71. The number of carbonyl (C=O) groups excluding carboxylic acids is 1. The molecule has 122 valence electrons. The number of amides is 2. The van der Waals surface area contributed by atoms with Crippen LogP contribution in [0.15, 0.2) is 0 Å². The minimum atomic E-state index is -0.830. The van der Waals surface area contributed by atoms with Gasteiger partial charge in [0, 0.05) is 32.2 Å². The molecule has 0 aromatic carbocycles. The smallest absolute Gasteiger partial charge is 0.320 e. The van der Waals surface area contributed by atoms with E-state index in [9.17, 15) is 9.59 Å². The van der Waals surface area contributed by atoms with Gasteiger partial charge in [0.15, 0.2) is 0 Å². The maximum absolute atomic E-state index is 12.7. The first-order valence-corrected chi connectivity index (χ1v) is 7.73. The Balaban J connectivity index is 2.70. The number of rotatable bonds is 7. The number of likely N-dealkylation sites (tertiary alicyclic amines) is 1. The molecule has 0 spiro atoms. The van der Waals surface area contributed by atoms with Crippen molar-refractivity contribution in [1.82, 2.24) is 14.7 Å². The van der Waals surface area contributed by atoms with Gasteiger partial charge in [0.2, 0.25) is 0 Å². The summed E-state index contributed by atoms with van der Waals surface area (Å²) in [6.45, 7) is 7.07. The van der Waals surface area contributed by atoms with Crippen molar-refractivity contribution in [3.63, 3.8) is 0 Å². The molecular weight excluding hydrogens is 270 g/mol. The van der Waals surface area contributed by atoms with Crippen LogP contribution in [0.2, 0.25) is 0 Å². The monoisotopic (exact) mass is 299 g/mol. The van der Waals surface area contributed by atoms with Gasteiger partial charge in [-0.05, 0) is 32.9 Å². The number of carbonyl (C=O) groups is 2. The van der Waals surface area contributed by atoms with Gasteiger partial charge in [-0.1, -0.05) is 13.8 Å². The normalized spacial score (nSPS) is 18.6.